The van der Waals surface area contributed by atoms with E-state index in [9.17, 15) is 4.79 Å². The fourth-order valence-electron chi connectivity index (χ4n) is 1.27. The van der Waals surface area contributed by atoms with Crippen molar-refractivity contribution in [2.75, 3.05) is 18.4 Å². The Balaban J connectivity index is 1.71. The van der Waals surface area contributed by atoms with E-state index < -0.39 is 0 Å². The Hall–Kier alpha value is -1.47. The van der Waals surface area contributed by atoms with Crippen LogP contribution in [0, 0.1) is 0 Å². The molecule has 0 unspecified atom stereocenters. The summed E-state index contributed by atoms with van der Waals surface area (Å²) in [5, 5.41) is 7.64. The number of carbonyl (C=O) groups is 1. The maximum atomic E-state index is 11.7. The standard InChI is InChI=1S/C11H11BrN4OS/c12-9-6-8(7-18-9)10(17)13-4-5-16-11-14-2-1-3-15-11/h1-3,6-7H,4-5H2,(H,13,17)(H,14,15,16). The number of hydrogen-bond donors (Lipinski definition) is 2. The molecule has 0 saturated heterocycles. The molecule has 2 aromatic rings. The molecule has 2 aromatic heterocycles. The van der Waals surface area contributed by atoms with Crippen molar-refractivity contribution in [1.29, 1.82) is 0 Å². The summed E-state index contributed by atoms with van der Waals surface area (Å²) in [6.07, 6.45) is 3.33. The van der Waals surface area contributed by atoms with Crippen LogP contribution in [-0.4, -0.2) is 29.0 Å². The molecular weight excluding hydrogens is 316 g/mol. The molecule has 0 aliphatic heterocycles. The van der Waals surface area contributed by atoms with E-state index in [1.165, 1.54) is 11.3 Å². The van der Waals surface area contributed by atoms with Crippen molar-refractivity contribution in [2.24, 2.45) is 0 Å². The maximum Gasteiger partial charge on any atom is 0.252 e. The minimum atomic E-state index is -0.0762. The Morgan fingerprint density at radius 3 is 2.78 bits per heavy atom. The zero-order valence-electron chi connectivity index (χ0n) is 9.39. The number of hydrogen-bond acceptors (Lipinski definition) is 5. The summed E-state index contributed by atoms with van der Waals surface area (Å²) in [4.78, 5) is 19.7. The van der Waals surface area contributed by atoms with Gasteiger partial charge in [-0.1, -0.05) is 0 Å². The summed E-state index contributed by atoms with van der Waals surface area (Å²) < 4.78 is 0.948. The van der Waals surface area contributed by atoms with Crippen molar-refractivity contribution in [3.05, 3.63) is 39.3 Å². The van der Waals surface area contributed by atoms with Crippen LogP contribution in [0.1, 0.15) is 10.4 Å². The SMILES string of the molecule is O=C(NCCNc1ncccn1)c1csc(Br)c1. The molecule has 2 N–H and O–H groups in total. The highest BCUT2D eigenvalue weighted by Gasteiger charge is 2.06. The van der Waals surface area contributed by atoms with Gasteiger partial charge in [0.2, 0.25) is 5.95 Å². The van der Waals surface area contributed by atoms with Gasteiger partial charge in [-0.15, -0.1) is 11.3 Å². The smallest absolute Gasteiger partial charge is 0.252 e. The van der Waals surface area contributed by atoms with Gasteiger partial charge in [0, 0.05) is 30.9 Å². The normalized spacial score (nSPS) is 10.1. The Bertz CT molecular complexity index is 517. The van der Waals surface area contributed by atoms with E-state index in [2.05, 4.69) is 36.5 Å². The number of aromatic nitrogens is 2. The first-order valence-corrected chi connectivity index (χ1v) is 6.96. The Kier molecular flexibility index (Phi) is 4.66. The molecule has 0 aliphatic carbocycles. The fourth-order valence-corrected chi connectivity index (χ4v) is 2.41. The molecule has 7 heteroatoms. The first-order valence-electron chi connectivity index (χ1n) is 5.29. The lowest BCUT2D eigenvalue weighted by molar-refractivity contribution is 0.0955. The van der Waals surface area contributed by atoms with Crippen LogP contribution in [0.15, 0.2) is 33.7 Å². The number of thiophene rings is 1. The molecule has 5 nitrogen and oxygen atoms in total. The van der Waals surface area contributed by atoms with Crippen molar-refractivity contribution >= 4 is 39.1 Å². The summed E-state index contributed by atoms with van der Waals surface area (Å²) in [6.45, 7) is 1.10. The van der Waals surface area contributed by atoms with E-state index in [4.69, 9.17) is 0 Å². The highest BCUT2D eigenvalue weighted by atomic mass is 79.9. The average Bonchev–Trinajstić information content (AvgIpc) is 2.82. The van der Waals surface area contributed by atoms with Crippen LogP contribution in [0.2, 0.25) is 0 Å². The second-order valence-electron chi connectivity index (χ2n) is 3.39. The third-order valence-electron chi connectivity index (χ3n) is 2.09. The quantitative estimate of drug-likeness (QED) is 0.826. The first-order chi connectivity index (χ1) is 8.75. The summed E-state index contributed by atoms with van der Waals surface area (Å²) >= 11 is 4.81. The van der Waals surface area contributed by atoms with Crippen molar-refractivity contribution in [2.45, 2.75) is 0 Å². The summed E-state index contributed by atoms with van der Waals surface area (Å²) in [6, 6.07) is 3.55. The van der Waals surface area contributed by atoms with Crippen LogP contribution in [0.25, 0.3) is 0 Å². The number of halogens is 1. The summed E-state index contributed by atoms with van der Waals surface area (Å²) in [7, 11) is 0. The molecule has 2 rings (SSSR count). The summed E-state index contributed by atoms with van der Waals surface area (Å²) in [5.41, 5.74) is 0.669. The van der Waals surface area contributed by atoms with Gasteiger partial charge in [0.1, 0.15) is 0 Å². The zero-order valence-corrected chi connectivity index (χ0v) is 11.8. The number of nitrogens with one attached hydrogen (secondary N) is 2. The Morgan fingerprint density at radius 2 is 2.11 bits per heavy atom. The molecule has 1 amide bonds. The van der Waals surface area contributed by atoms with Gasteiger partial charge >= 0.3 is 0 Å². The van der Waals surface area contributed by atoms with E-state index in [1.807, 2.05) is 5.38 Å². The molecule has 18 heavy (non-hydrogen) atoms. The van der Waals surface area contributed by atoms with E-state index in [0.29, 0.717) is 24.6 Å². The van der Waals surface area contributed by atoms with Gasteiger partial charge in [0.25, 0.3) is 5.91 Å². The van der Waals surface area contributed by atoms with Gasteiger partial charge in [0.05, 0.1) is 9.35 Å². The molecule has 0 bridgehead atoms. The second kappa shape index (κ2) is 6.46. The molecule has 0 fully saturated rings. The second-order valence-corrected chi connectivity index (χ2v) is 5.69. The molecule has 0 spiro atoms. The Labute approximate surface area is 117 Å². The Morgan fingerprint density at radius 1 is 1.33 bits per heavy atom. The third-order valence-corrected chi connectivity index (χ3v) is 3.59. The molecular formula is C11H11BrN4OS. The molecule has 0 aliphatic rings. The number of carbonyl (C=O) groups excluding carboxylic acids is 1. The van der Waals surface area contributed by atoms with Crippen LogP contribution >= 0.6 is 27.3 Å². The fraction of sp³-hybridized carbons (Fsp3) is 0.182. The third kappa shape index (κ3) is 3.78. The highest BCUT2D eigenvalue weighted by molar-refractivity contribution is 9.11. The molecule has 0 saturated carbocycles. The van der Waals surface area contributed by atoms with Crippen molar-refractivity contribution < 1.29 is 4.79 Å². The van der Waals surface area contributed by atoms with Gasteiger partial charge in [-0.25, -0.2) is 9.97 Å². The monoisotopic (exact) mass is 326 g/mol. The van der Waals surface area contributed by atoms with Gasteiger partial charge in [-0.2, -0.15) is 0 Å². The summed E-state index contributed by atoms with van der Waals surface area (Å²) in [5.74, 6) is 0.484. The van der Waals surface area contributed by atoms with Gasteiger partial charge in [0.15, 0.2) is 0 Å². The van der Waals surface area contributed by atoms with Gasteiger partial charge < -0.3 is 10.6 Å². The van der Waals surface area contributed by atoms with E-state index in [1.54, 1.807) is 24.5 Å². The van der Waals surface area contributed by atoms with Crippen LogP contribution in [0.3, 0.4) is 0 Å². The average molecular weight is 327 g/mol. The van der Waals surface area contributed by atoms with E-state index in [0.717, 1.165) is 3.79 Å². The van der Waals surface area contributed by atoms with Gasteiger partial charge in [-0.05, 0) is 28.1 Å². The molecule has 2 heterocycles. The lowest BCUT2D eigenvalue weighted by atomic mass is 10.3. The molecule has 0 aromatic carbocycles. The predicted octanol–water partition coefficient (Wildman–Crippen LogP) is 2.14. The number of rotatable bonds is 5. The van der Waals surface area contributed by atoms with Crippen molar-refractivity contribution in [3.8, 4) is 0 Å². The van der Waals surface area contributed by atoms with Crippen LogP contribution in [0.5, 0.6) is 0 Å². The number of nitrogens with zero attached hydrogens (tertiary/aromatic N) is 2. The largest absolute Gasteiger partial charge is 0.352 e. The van der Waals surface area contributed by atoms with Crippen LogP contribution in [0.4, 0.5) is 5.95 Å². The highest BCUT2D eigenvalue weighted by Crippen LogP contribution is 2.20. The van der Waals surface area contributed by atoms with Crippen LogP contribution in [-0.2, 0) is 0 Å². The first kappa shape index (κ1) is 13.0. The van der Waals surface area contributed by atoms with Crippen LogP contribution < -0.4 is 10.6 Å². The molecule has 94 valence electrons. The topological polar surface area (TPSA) is 66.9 Å². The predicted molar refractivity (Wildman–Crippen MR) is 74.9 cm³/mol. The maximum absolute atomic E-state index is 11.7. The molecule has 0 radical (unpaired) electrons. The molecule has 0 atom stereocenters. The van der Waals surface area contributed by atoms with E-state index in [-0.39, 0.29) is 5.91 Å². The minimum absolute atomic E-state index is 0.0762. The van der Waals surface area contributed by atoms with Crippen molar-refractivity contribution in [3.63, 3.8) is 0 Å². The van der Waals surface area contributed by atoms with E-state index >= 15 is 0 Å². The number of amides is 1. The van der Waals surface area contributed by atoms with Gasteiger partial charge in [-0.3, -0.25) is 4.79 Å². The number of anilines is 1. The minimum Gasteiger partial charge on any atom is -0.352 e. The zero-order chi connectivity index (χ0) is 12.8. The lowest BCUT2D eigenvalue weighted by Crippen LogP contribution is -2.28. The van der Waals surface area contributed by atoms with Crippen molar-refractivity contribution in [1.82, 2.24) is 15.3 Å². The lowest BCUT2D eigenvalue weighted by Gasteiger charge is -2.05.